The van der Waals surface area contributed by atoms with E-state index in [0.29, 0.717) is 0 Å². The molecule has 0 atom stereocenters. The Kier molecular flexibility index (Phi) is 3.42. The molecule has 0 aliphatic rings. The molecule has 2 rings (SSSR count). The predicted molar refractivity (Wildman–Crippen MR) is 49.8 cm³/mol. The van der Waals surface area contributed by atoms with Crippen molar-refractivity contribution in [1.29, 1.82) is 0 Å². The third kappa shape index (κ3) is 1.85. The normalized spacial score (nSPS) is 9.86. The summed E-state index contributed by atoms with van der Waals surface area (Å²) in [7, 11) is 0. The number of aryl methyl sites for hydroxylation is 1. The van der Waals surface area contributed by atoms with Crippen molar-refractivity contribution in [1.82, 2.24) is 0 Å². The largest absolute Gasteiger partial charge is 1.00 e. The summed E-state index contributed by atoms with van der Waals surface area (Å²) in [5.41, 5.74) is 0.949. The van der Waals surface area contributed by atoms with Crippen LogP contribution in [-0.4, -0.2) is 0 Å². The lowest BCUT2D eigenvalue weighted by Crippen LogP contribution is -3.00. The van der Waals surface area contributed by atoms with Gasteiger partial charge in [0.2, 0.25) is 5.52 Å². The highest BCUT2D eigenvalue weighted by atomic mass is 35.5. The molecule has 0 aliphatic heterocycles. The molecular formula is C11H11ClFN. The maximum absolute atomic E-state index is 12.9. The van der Waals surface area contributed by atoms with E-state index in [2.05, 4.69) is 0 Å². The van der Waals surface area contributed by atoms with Gasteiger partial charge in [-0.3, -0.25) is 0 Å². The fraction of sp³-hybridized carbons (Fsp3) is 0.182. The molecule has 0 saturated carbocycles. The second-order valence-electron chi connectivity index (χ2n) is 3.00. The summed E-state index contributed by atoms with van der Waals surface area (Å²) in [5, 5.41) is 1.07. The molecule has 3 heteroatoms. The third-order valence-corrected chi connectivity index (χ3v) is 2.18. The monoisotopic (exact) mass is 211 g/mol. The number of rotatable bonds is 1. The van der Waals surface area contributed by atoms with Crippen LogP contribution in [-0.2, 0) is 6.54 Å². The van der Waals surface area contributed by atoms with Crippen LogP contribution in [0.15, 0.2) is 36.5 Å². The van der Waals surface area contributed by atoms with Gasteiger partial charge in [0.15, 0.2) is 6.20 Å². The van der Waals surface area contributed by atoms with Crippen molar-refractivity contribution in [2.75, 3.05) is 0 Å². The fourth-order valence-corrected chi connectivity index (χ4v) is 1.51. The first-order valence-corrected chi connectivity index (χ1v) is 4.39. The lowest BCUT2D eigenvalue weighted by molar-refractivity contribution is -0.667. The molecule has 1 nitrogen and oxygen atoms in total. The molecule has 0 spiro atoms. The van der Waals surface area contributed by atoms with E-state index in [9.17, 15) is 4.39 Å². The van der Waals surface area contributed by atoms with E-state index in [4.69, 9.17) is 0 Å². The maximum Gasteiger partial charge on any atom is 0.215 e. The molecule has 0 amide bonds. The minimum Gasteiger partial charge on any atom is -1.00 e. The zero-order valence-corrected chi connectivity index (χ0v) is 8.63. The molecule has 2 aromatic rings. The Labute approximate surface area is 88.6 Å². The van der Waals surface area contributed by atoms with E-state index >= 15 is 0 Å². The summed E-state index contributed by atoms with van der Waals surface area (Å²) in [6, 6.07) is 8.82. The van der Waals surface area contributed by atoms with Crippen LogP contribution < -0.4 is 17.0 Å². The number of aromatic nitrogens is 1. The average molecular weight is 212 g/mol. The van der Waals surface area contributed by atoms with E-state index in [1.807, 2.05) is 29.8 Å². The Morgan fingerprint density at radius 1 is 1.29 bits per heavy atom. The van der Waals surface area contributed by atoms with Crippen molar-refractivity contribution >= 4 is 10.9 Å². The zero-order valence-electron chi connectivity index (χ0n) is 7.87. The number of halogens is 2. The summed E-state index contributed by atoms with van der Waals surface area (Å²) < 4.78 is 15.0. The lowest BCUT2D eigenvalue weighted by atomic mass is 10.2. The molecule has 0 N–H and O–H groups in total. The molecule has 0 fully saturated rings. The Bertz CT molecular complexity index is 442. The average Bonchev–Trinajstić information content (AvgIpc) is 2.17. The Morgan fingerprint density at radius 3 is 2.79 bits per heavy atom. The SMILES string of the molecule is CC[n+]1cccc2ccc(F)cc21.[Cl-]. The molecule has 0 saturated heterocycles. The predicted octanol–water partition coefficient (Wildman–Crippen LogP) is -0.710. The van der Waals surface area contributed by atoms with Crippen LogP contribution in [0.5, 0.6) is 0 Å². The summed E-state index contributed by atoms with van der Waals surface area (Å²) in [6.07, 6.45) is 1.96. The van der Waals surface area contributed by atoms with Gasteiger partial charge in [-0.05, 0) is 25.1 Å². The maximum atomic E-state index is 12.9. The van der Waals surface area contributed by atoms with Crippen LogP contribution in [0.2, 0.25) is 0 Å². The number of fused-ring (bicyclic) bond motifs is 1. The van der Waals surface area contributed by atoms with Crippen LogP contribution in [0.1, 0.15) is 6.92 Å². The van der Waals surface area contributed by atoms with Gasteiger partial charge in [-0.1, -0.05) is 0 Å². The summed E-state index contributed by atoms with van der Waals surface area (Å²) in [5.74, 6) is -0.180. The number of hydrogen-bond donors (Lipinski definition) is 0. The number of hydrogen-bond acceptors (Lipinski definition) is 0. The lowest BCUT2D eigenvalue weighted by Gasteiger charge is -1.97. The smallest absolute Gasteiger partial charge is 0.215 e. The van der Waals surface area contributed by atoms with Crippen LogP contribution in [0.3, 0.4) is 0 Å². The minimum atomic E-state index is -0.180. The van der Waals surface area contributed by atoms with Crippen LogP contribution in [0, 0.1) is 5.82 Å². The molecule has 1 aromatic carbocycles. The summed E-state index contributed by atoms with van der Waals surface area (Å²) in [4.78, 5) is 0. The highest BCUT2D eigenvalue weighted by Gasteiger charge is 2.06. The minimum absolute atomic E-state index is 0. The van der Waals surface area contributed by atoms with Gasteiger partial charge in [-0.2, -0.15) is 4.57 Å². The molecule has 14 heavy (non-hydrogen) atoms. The van der Waals surface area contributed by atoms with Crippen molar-refractivity contribution in [3.8, 4) is 0 Å². The van der Waals surface area contributed by atoms with Crippen LogP contribution >= 0.6 is 0 Å². The number of nitrogens with zero attached hydrogens (tertiary/aromatic N) is 1. The molecular weight excluding hydrogens is 201 g/mol. The van der Waals surface area contributed by atoms with E-state index < -0.39 is 0 Å². The standard InChI is InChI=1S/C11H11FN.ClH/c1-2-13-7-3-4-9-5-6-10(12)8-11(9)13;/h3-8H,2H2,1H3;1H/q+1;/p-1. The van der Waals surface area contributed by atoms with Crippen molar-refractivity contribution < 1.29 is 21.4 Å². The van der Waals surface area contributed by atoms with Crippen molar-refractivity contribution in [2.45, 2.75) is 13.5 Å². The van der Waals surface area contributed by atoms with E-state index in [0.717, 1.165) is 17.4 Å². The Balaban J connectivity index is 0.000000980. The van der Waals surface area contributed by atoms with Crippen LogP contribution in [0.25, 0.3) is 10.9 Å². The van der Waals surface area contributed by atoms with Gasteiger partial charge >= 0.3 is 0 Å². The van der Waals surface area contributed by atoms with Gasteiger partial charge in [-0.15, -0.1) is 0 Å². The van der Waals surface area contributed by atoms with Crippen molar-refractivity contribution in [3.05, 3.63) is 42.3 Å². The molecule has 1 heterocycles. The van der Waals surface area contributed by atoms with Gasteiger partial charge in [0, 0.05) is 17.5 Å². The Hall–Kier alpha value is -1.15. The molecule has 74 valence electrons. The van der Waals surface area contributed by atoms with E-state index in [1.54, 1.807) is 12.1 Å². The molecule has 0 unspecified atom stereocenters. The quantitative estimate of drug-likeness (QED) is 0.549. The second-order valence-corrected chi connectivity index (χ2v) is 3.00. The zero-order chi connectivity index (χ0) is 9.26. The molecule has 0 aliphatic carbocycles. The highest BCUT2D eigenvalue weighted by Crippen LogP contribution is 2.10. The molecule has 0 bridgehead atoms. The van der Waals surface area contributed by atoms with Crippen LogP contribution in [0.4, 0.5) is 4.39 Å². The van der Waals surface area contributed by atoms with Gasteiger partial charge < -0.3 is 12.4 Å². The number of benzene rings is 1. The topological polar surface area (TPSA) is 3.88 Å². The van der Waals surface area contributed by atoms with E-state index in [1.165, 1.54) is 6.07 Å². The Morgan fingerprint density at radius 2 is 2.07 bits per heavy atom. The summed E-state index contributed by atoms with van der Waals surface area (Å²) >= 11 is 0. The van der Waals surface area contributed by atoms with Crippen molar-refractivity contribution in [3.63, 3.8) is 0 Å². The highest BCUT2D eigenvalue weighted by molar-refractivity contribution is 5.75. The molecule has 0 radical (unpaired) electrons. The fourth-order valence-electron chi connectivity index (χ4n) is 1.51. The van der Waals surface area contributed by atoms with Gasteiger partial charge in [0.05, 0.1) is 0 Å². The van der Waals surface area contributed by atoms with Gasteiger partial charge in [0.25, 0.3) is 0 Å². The van der Waals surface area contributed by atoms with Gasteiger partial charge in [-0.25, -0.2) is 4.39 Å². The third-order valence-electron chi connectivity index (χ3n) is 2.18. The van der Waals surface area contributed by atoms with E-state index in [-0.39, 0.29) is 18.2 Å². The summed E-state index contributed by atoms with van der Waals surface area (Å²) in [6.45, 7) is 2.91. The van der Waals surface area contributed by atoms with Gasteiger partial charge in [0.1, 0.15) is 12.4 Å². The second kappa shape index (κ2) is 4.38. The first-order valence-electron chi connectivity index (χ1n) is 4.39. The number of pyridine rings is 1. The van der Waals surface area contributed by atoms with Crippen molar-refractivity contribution in [2.24, 2.45) is 0 Å². The molecule has 1 aromatic heterocycles. The first kappa shape index (κ1) is 10.9. The first-order chi connectivity index (χ1) is 6.31.